The summed E-state index contributed by atoms with van der Waals surface area (Å²) in [4.78, 5) is 4.05. The van der Waals surface area contributed by atoms with Gasteiger partial charge in [-0.25, -0.2) is 0 Å². The highest BCUT2D eigenvalue weighted by atomic mass is 32.2. The molecule has 0 amide bonds. The summed E-state index contributed by atoms with van der Waals surface area (Å²) in [7, 11) is 0.0237. The van der Waals surface area contributed by atoms with Crippen molar-refractivity contribution in [2.45, 2.75) is 31.5 Å². The fraction of sp³-hybridized carbons (Fsp3) is 0.429. The van der Waals surface area contributed by atoms with Crippen molar-refractivity contribution in [3.63, 3.8) is 0 Å². The third-order valence-electron chi connectivity index (χ3n) is 3.04. The Morgan fingerprint density at radius 1 is 1.35 bits per heavy atom. The molecule has 0 aliphatic carbocycles. The first-order chi connectivity index (χ1) is 10.9. The van der Waals surface area contributed by atoms with Crippen LogP contribution in [-0.4, -0.2) is 28.1 Å². The predicted octanol–water partition coefficient (Wildman–Crippen LogP) is 3.00. The molecule has 1 aromatic carbocycles. The molecule has 9 heteroatoms. The van der Waals surface area contributed by atoms with Crippen LogP contribution in [0.15, 0.2) is 22.7 Å². The van der Waals surface area contributed by atoms with Crippen LogP contribution in [0.25, 0.3) is 0 Å². The van der Waals surface area contributed by atoms with Crippen molar-refractivity contribution in [1.29, 1.82) is 0 Å². The molecular weight excluding hydrogens is 330 g/mol. The molecule has 0 saturated heterocycles. The van der Waals surface area contributed by atoms with Gasteiger partial charge in [-0.1, -0.05) is 11.2 Å². The summed E-state index contributed by atoms with van der Waals surface area (Å²) in [6, 6.07) is 4.43. The van der Waals surface area contributed by atoms with Gasteiger partial charge in [0.1, 0.15) is 5.25 Å². The van der Waals surface area contributed by atoms with Gasteiger partial charge in [0.25, 0.3) is 0 Å². The van der Waals surface area contributed by atoms with Crippen LogP contribution in [0.5, 0.6) is 11.5 Å². The summed E-state index contributed by atoms with van der Waals surface area (Å²) in [5.74, 6) is 1.04. The number of alkyl halides is 2. The number of ether oxygens (including phenoxy) is 2. The molecule has 0 N–H and O–H groups in total. The Morgan fingerprint density at radius 2 is 2.09 bits per heavy atom. The molecule has 2 rings (SSSR count). The average Bonchev–Trinajstić information content (AvgIpc) is 2.93. The van der Waals surface area contributed by atoms with Crippen molar-refractivity contribution in [3.05, 3.63) is 35.5 Å². The number of rotatable bonds is 7. The number of hydrogen-bond donors (Lipinski definition) is 0. The first-order valence-electron chi connectivity index (χ1n) is 6.69. The zero-order valence-corrected chi connectivity index (χ0v) is 13.6. The fourth-order valence-electron chi connectivity index (χ4n) is 1.88. The van der Waals surface area contributed by atoms with Gasteiger partial charge in [0, 0.05) is 16.6 Å². The van der Waals surface area contributed by atoms with Crippen LogP contribution in [0.4, 0.5) is 8.78 Å². The van der Waals surface area contributed by atoms with E-state index in [0.717, 1.165) is 0 Å². The average molecular weight is 346 g/mol. The SMILES string of the molecule is COc1cc(C[S@](=O)[C@H](C)c2nc(C)no2)ccc1OC(F)F. The summed E-state index contributed by atoms with van der Waals surface area (Å²) in [6.45, 7) is 0.453. The van der Waals surface area contributed by atoms with E-state index in [2.05, 4.69) is 14.9 Å². The van der Waals surface area contributed by atoms with Gasteiger partial charge in [0.15, 0.2) is 17.3 Å². The summed E-state index contributed by atoms with van der Waals surface area (Å²) < 4.78 is 51.3. The molecule has 2 atom stereocenters. The number of benzene rings is 1. The summed E-state index contributed by atoms with van der Waals surface area (Å²) in [5.41, 5.74) is 0.657. The third-order valence-corrected chi connectivity index (χ3v) is 4.65. The lowest BCUT2D eigenvalue weighted by Gasteiger charge is -2.12. The summed E-state index contributed by atoms with van der Waals surface area (Å²) >= 11 is 0. The molecule has 2 aromatic rings. The number of hydrogen-bond acceptors (Lipinski definition) is 6. The molecule has 0 aliphatic heterocycles. The van der Waals surface area contributed by atoms with E-state index in [9.17, 15) is 13.0 Å². The van der Waals surface area contributed by atoms with Crippen molar-refractivity contribution in [2.24, 2.45) is 0 Å². The minimum absolute atomic E-state index is 0.0717. The molecule has 0 unspecified atom stereocenters. The molecule has 1 aromatic heterocycles. The van der Waals surface area contributed by atoms with E-state index >= 15 is 0 Å². The Morgan fingerprint density at radius 3 is 2.65 bits per heavy atom. The third kappa shape index (κ3) is 4.47. The molecule has 0 fully saturated rings. The van der Waals surface area contributed by atoms with E-state index in [1.807, 2.05) is 0 Å². The Hall–Kier alpha value is -2.03. The van der Waals surface area contributed by atoms with E-state index in [0.29, 0.717) is 17.3 Å². The Bertz CT molecular complexity index is 693. The van der Waals surface area contributed by atoms with Gasteiger partial charge in [-0.2, -0.15) is 13.8 Å². The lowest BCUT2D eigenvalue weighted by molar-refractivity contribution is -0.0512. The Kier molecular flexibility index (Phi) is 5.64. The fourth-order valence-corrected chi connectivity index (χ4v) is 2.95. The molecule has 23 heavy (non-hydrogen) atoms. The lowest BCUT2D eigenvalue weighted by atomic mass is 10.2. The second-order valence-electron chi connectivity index (χ2n) is 4.71. The topological polar surface area (TPSA) is 74.5 Å². The molecule has 1 heterocycles. The first-order valence-corrected chi connectivity index (χ1v) is 8.08. The van der Waals surface area contributed by atoms with Crippen LogP contribution in [0, 0.1) is 6.92 Å². The molecule has 6 nitrogen and oxygen atoms in total. The first kappa shape index (κ1) is 17.3. The molecule has 0 bridgehead atoms. The summed E-state index contributed by atoms with van der Waals surface area (Å²) in [5, 5.41) is 3.22. The number of aryl methyl sites for hydroxylation is 1. The van der Waals surface area contributed by atoms with Crippen LogP contribution in [-0.2, 0) is 16.6 Å². The van der Waals surface area contributed by atoms with E-state index in [-0.39, 0.29) is 17.3 Å². The maximum absolute atomic E-state index is 12.4. The number of nitrogens with zero attached hydrogens (tertiary/aromatic N) is 2. The van der Waals surface area contributed by atoms with Crippen LogP contribution in [0.2, 0.25) is 0 Å². The maximum atomic E-state index is 12.4. The predicted molar refractivity (Wildman–Crippen MR) is 78.9 cm³/mol. The van der Waals surface area contributed by atoms with Crippen molar-refractivity contribution >= 4 is 10.8 Å². The van der Waals surface area contributed by atoms with Crippen molar-refractivity contribution in [3.8, 4) is 11.5 Å². The minimum atomic E-state index is -2.94. The zero-order valence-electron chi connectivity index (χ0n) is 12.8. The van der Waals surface area contributed by atoms with Crippen LogP contribution < -0.4 is 9.47 Å². The monoisotopic (exact) mass is 346 g/mol. The summed E-state index contributed by atoms with van der Waals surface area (Å²) in [6.07, 6.45) is 0. The molecule has 0 radical (unpaired) electrons. The van der Waals surface area contributed by atoms with Crippen LogP contribution in [0.1, 0.15) is 29.5 Å². The van der Waals surface area contributed by atoms with Crippen molar-refractivity contribution in [2.75, 3.05) is 7.11 Å². The largest absolute Gasteiger partial charge is 0.493 e. The highest BCUT2D eigenvalue weighted by Crippen LogP contribution is 2.30. The Labute approximate surface area is 134 Å². The molecule has 126 valence electrons. The van der Waals surface area contributed by atoms with Crippen LogP contribution in [0.3, 0.4) is 0 Å². The number of halogens is 2. The lowest BCUT2D eigenvalue weighted by Crippen LogP contribution is -2.07. The van der Waals surface area contributed by atoms with E-state index in [1.165, 1.54) is 19.2 Å². The highest BCUT2D eigenvalue weighted by molar-refractivity contribution is 7.84. The van der Waals surface area contributed by atoms with Gasteiger partial charge >= 0.3 is 6.61 Å². The quantitative estimate of drug-likeness (QED) is 0.767. The minimum Gasteiger partial charge on any atom is -0.493 e. The second kappa shape index (κ2) is 7.49. The van der Waals surface area contributed by atoms with Gasteiger partial charge in [0.05, 0.1) is 7.11 Å². The molecular formula is C14H16F2N2O4S. The molecule has 0 spiro atoms. The van der Waals surface area contributed by atoms with E-state index in [4.69, 9.17) is 9.26 Å². The zero-order chi connectivity index (χ0) is 17.0. The second-order valence-corrected chi connectivity index (χ2v) is 6.47. The highest BCUT2D eigenvalue weighted by Gasteiger charge is 2.21. The molecule has 0 saturated carbocycles. The van der Waals surface area contributed by atoms with Crippen LogP contribution >= 0.6 is 0 Å². The molecule has 0 aliphatic rings. The van der Waals surface area contributed by atoms with Crippen molar-refractivity contribution < 1.29 is 27.0 Å². The van der Waals surface area contributed by atoms with E-state index < -0.39 is 22.7 Å². The maximum Gasteiger partial charge on any atom is 0.387 e. The Balaban J connectivity index is 2.11. The van der Waals surface area contributed by atoms with Gasteiger partial charge in [-0.15, -0.1) is 0 Å². The van der Waals surface area contributed by atoms with Gasteiger partial charge in [-0.3, -0.25) is 4.21 Å². The normalized spacial score (nSPS) is 13.8. The van der Waals surface area contributed by atoms with E-state index in [1.54, 1.807) is 19.9 Å². The number of methoxy groups -OCH3 is 1. The smallest absolute Gasteiger partial charge is 0.387 e. The van der Waals surface area contributed by atoms with Gasteiger partial charge in [0.2, 0.25) is 5.89 Å². The standard InChI is InChI=1S/C14H16F2N2O4S/c1-8(13-17-9(2)18-22-13)23(19)7-10-4-5-11(21-14(15)16)12(6-10)20-3/h4-6,8,14H,7H2,1-3H3/t8-,23+/m1/s1. The van der Waals surface area contributed by atoms with Gasteiger partial charge < -0.3 is 14.0 Å². The van der Waals surface area contributed by atoms with Crippen molar-refractivity contribution in [1.82, 2.24) is 10.1 Å². The van der Waals surface area contributed by atoms with Gasteiger partial charge in [-0.05, 0) is 31.5 Å². The number of aromatic nitrogens is 2.